The molecule has 1 fully saturated rings. The Morgan fingerprint density at radius 3 is 2.74 bits per heavy atom. The van der Waals surface area contributed by atoms with Gasteiger partial charge in [0, 0.05) is 52.3 Å². The minimum atomic E-state index is 0.138. The Morgan fingerprint density at radius 1 is 1.30 bits per heavy atom. The van der Waals surface area contributed by atoms with Crippen LogP contribution in [0.25, 0.3) is 0 Å². The minimum absolute atomic E-state index is 0.138. The third-order valence-electron chi connectivity index (χ3n) is 4.51. The van der Waals surface area contributed by atoms with E-state index in [1.165, 1.54) is 0 Å². The molecule has 1 aliphatic heterocycles. The Labute approximate surface area is 136 Å². The number of likely N-dealkylation sites (N-methyl/N-ethyl adjacent to an activating group) is 1. The predicted molar refractivity (Wildman–Crippen MR) is 86.7 cm³/mol. The molecule has 124 valence electrons. The molecule has 3 rings (SSSR count). The van der Waals surface area contributed by atoms with Crippen LogP contribution in [0.2, 0.25) is 0 Å². The summed E-state index contributed by atoms with van der Waals surface area (Å²) in [6.07, 6.45) is 6.00. The monoisotopic (exact) mass is 316 g/mol. The largest absolute Gasteiger partial charge is 0.339 e. The summed E-state index contributed by atoms with van der Waals surface area (Å²) in [6.45, 7) is 5.44. The van der Waals surface area contributed by atoms with Gasteiger partial charge in [0.2, 0.25) is 5.91 Å². The Kier molecular flexibility index (Phi) is 4.47. The maximum atomic E-state index is 12.6. The van der Waals surface area contributed by atoms with E-state index in [2.05, 4.69) is 21.9 Å². The second-order valence-corrected chi connectivity index (χ2v) is 6.04. The lowest BCUT2D eigenvalue weighted by Gasteiger charge is -2.40. The van der Waals surface area contributed by atoms with E-state index in [4.69, 9.17) is 0 Å². The van der Waals surface area contributed by atoms with E-state index in [1.54, 1.807) is 4.68 Å². The smallest absolute Gasteiger partial charge is 0.228 e. The van der Waals surface area contributed by atoms with Gasteiger partial charge in [-0.2, -0.15) is 5.10 Å². The lowest BCUT2D eigenvalue weighted by atomic mass is 10.1. The van der Waals surface area contributed by atoms with E-state index in [1.807, 2.05) is 48.2 Å². The number of imidazole rings is 1. The van der Waals surface area contributed by atoms with Gasteiger partial charge in [-0.1, -0.05) is 6.92 Å². The van der Waals surface area contributed by atoms with Gasteiger partial charge in [0.15, 0.2) is 0 Å². The lowest BCUT2D eigenvalue weighted by molar-refractivity contribution is -0.133. The zero-order valence-electron chi connectivity index (χ0n) is 14.0. The van der Waals surface area contributed by atoms with Gasteiger partial charge in [0.05, 0.1) is 18.2 Å². The van der Waals surface area contributed by atoms with E-state index in [9.17, 15) is 4.79 Å². The predicted octanol–water partition coefficient (Wildman–Crippen LogP) is 0.601. The first-order valence-corrected chi connectivity index (χ1v) is 8.06. The van der Waals surface area contributed by atoms with E-state index in [0.29, 0.717) is 13.0 Å². The van der Waals surface area contributed by atoms with Gasteiger partial charge in [-0.25, -0.2) is 4.98 Å². The highest BCUT2D eigenvalue weighted by atomic mass is 16.2. The molecule has 2 aromatic rings. The number of hydrogen-bond acceptors (Lipinski definition) is 4. The van der Waals surface area contributed by atoms with Crippen LogP contribution in [-0.2, 0) is 25.3 Å². The summed E-state index contributed by atoms with van der Waals surface area (Å²) < 4.78 is 3.77. The van der Waals surface area contributed by atoms with Crippen LogP contribution in [0, 0.1) is 0 Å². The summed E-state index contributed by atoms with van der Waals surface area (Å²) in [5, 5.41) is 4.30. The van der Waals surface area contributed by atoms with Gasteiger partial charge in [0.1, 0.15) is 5.82 Å². The van der Waals surface area contributed by atoms with E-state index >= 15 is 0 Å². The van der Waals surface area contributed by atoms with Crippen LogP contribution >= 0.6 is 0 Å². The fourth-order valence-corrected chi connectivity index (χ4v) is 3.19. The van der Waals surface area contributed by atoms with Crippen molar-refractivity contribution in [2.45, 2.75) is 19.4 Å². The first-order valence-electron chi connectivity index (χ1n) is 8.06. The van der Waals surface area contributed by atoms with Gasteiger partial charge >= 0.3 is 0 Å². The Balaban J connectivity index is 1.72. The van der Waals surface area contributed by atoms with Crippen molar-refractivity contribution in [2.75, 3.05) is 26.2 Å². The zero-order valence-corrected chi connectivity index (χ0v) is 14.0. The molecule has 1 amide bonds. The molecule has 0 radical (unpaired) electrons. The molecule has 1 saturated heterocycles. The summed E-state index contributed by atoms with van der Waals surface area (Å²) in [6, 6.07) is 2.05. The number of piperazine rings is 1. The number of nitrogens with zero attached hydrogens (tertiary/aromatic N) is 6. The zero-order chi connectivity index (χ0) is 16.4. The lowest BCUT2D eigenvalue weighted by Crippen LogP contribution is -2.51. The first-order chi connectivity index (χ1) is 11.1. The summed E-state index contributed by atoms with van der Waals surface area (Å²) in [5.41, 5.74) is 0.823. The van der Waals surface area contributed by atoms with Crippen molar-refractivity contribution in [2.24, 2.45) is 14.1 Å². The van der Waals surface area contributed by atoms with Gasteiger partial charge < -0.3 is 9.47 Å². The molecule has 0 saturated carbocycles. The fourth-order valence-electron chi connectivity index (χ4n) is 3.19. The number of hydrogen-bond donors (Lipinski definition) is 0. The first kappa shape index (κ1) is 15.7. The Bertz CT molecular complexity index is 676. The molecular weight excluding hydrogens is 292 g/mol. The topological polar surface area (TPSA) is 59.2 Å². The maximum absolute atomic E-state index is 12.6. The van der Waals surface area contributed by atoms with Gasteiger partial charge in [-0.3, -0.25) is 14.4 Å². The molecular formula is C16H24N6O. The number of aromatic nitrogens is 4. The molecule has 3 heterocycles. The third kappa shape index (κ3) is 3.29. The van der Waals surface area contributed by atoms with Crippen LogP contribution in [-0.4, -0.2) is 61.2 Å². The van der Waals surface area contributed by atoms with Crippen molar-refractivity contribution in [1.82, 2.24) is 29.1 Å². The number of aryl methyl sites for hydroxylation is 2. The highest BCUT2D eigenvalue weighted by Gasteiger charge is 2.31. The molecule has 0 aliphatic carbocycles. The molecule has 1 atom stereocenters. The standard InChI is InChI=1S/C16H24N6O/c1-4-21-9-10-22(12-14(21)16-17-6-8-19(16)2)15(23)11-13-5-7-20(3)18-13/h5-8,14H,4,9-12H2,1-3H3. The molecule has 0 N–H and O–H groups in total. The van der Waals surface area contributed by atoms with Gasteiger partial charge in [0.25, 0.3) is 0 Å². The van der Waals surface area contributed by atoms with E-state index < -0.39 is 0 Å². The minimum Gasteiger partial charge on any atom is -0.339 e. The normalized spacial score (nSPS) is 19.3. The van der Waals surface area contributed by atoms with Gasteiger partial charge in [-0.05, 0) is 12.6 Å². The Morgan fingerprint density at radius 2 is 2.13 bits per heavy atom. The molecule has 7 nitrogen and oxygen atoms in total. The molecule has 0 bridgehead atoms. The van der Waals surface area contributed by atoms with Crippen molar-refractivity contribution in [3.63, 3.8) is 0 Å². The molecule has 1 aliphatic rings. The van der Waals surface area contributed by atoms with Crippen molar-refractivity contribution < 1.29 is 4.79 Å². The van der Waals surface area contributed by atoms with E-state index in [0.717, 1.165) is 31.2 Å². The SMILES string of the molecule is CCN1CCN(C(=O)Cc2ccn(C)n2)CC1c1nccn1C. The molecule has 0 aromatic carbocycles. The van der Waals surface area contributed by atoms with Gasteiger partial charge in [-0.15, -0.1) is 0 Å². The fraction of sp³-hybridized carbons (Fsp3) is 0.562. The van der Waals surface area contributed by atoms with Crippen molar-refractivity contribution in [3.8, 4) is 0 Å². The van der Waals surface area contributed by atoms with Crippen molar-refractivity contribution >= 4 is 5.91 Å². The number of amides is 1. The number of rotatable bonds is 4. The maximum Gasteiger partial charge on any atom is 0.228 e. The summed E-state index contributed by atoms with van der Waals surface area (Å²) >= 11 is 0. The van der Waals surface area contributed by atoms with E-state index in [-0.39, 0.29) is 11.9 Å². The van der Waals surface area contributed by atoms with Crippen LogP contribution in [0.1, 0.15) is 24.5 Å². The summed E-state index contributed by atoms with van der Waals surface area (Å²) in [4.78, 5) is 21.4. The third-order valence-corrected chi connectivity index (χ3v) is 4.51. The molecule has 2 aromatic heterocycles. The number of carbonyl (C=O) groups is 1. The average Bonchev–Trinajstić information content (AvgIpc) is 3.15. The molecule has 1 unspecified atom stereocenters. The van der Waals surface area contributed by atoms with Crippen molar-refractivity contribution in [1.29, 1.82) is 0 Å². The van der Waals surface area contributed by atoms with Crippen LogP contribution in [0.15, 0.2) is 24.7 Å². The average molecular weight is 316 g/mol. The molecule has 0 spiro atoms. The molecule has 7 heteroatoms. The van der Waals surface area contributed by atoms with Crippen molar-refractivity contribution in [3.05, 3.63) is 36.2 Å². The van der Waals surface area contributed by atoms with Crippen LogP contribution in [0.4, 0.5) is 0 Å². The summed E-state index contributed by atoms with van der Waals surface area (Å²) in [5.74, 6) is 1.15. The Hall–Kier alpha value is -2.15. The second kappa shape index (κ2) is 6.54. The van der Waals surface area contributed by atoms with Crippen LogP contribution in [0.5, 0.6) is 0 Å². The second-order valence-electron chi connectivity index (χ2n) is 6.04. The number of carbonyl (C=O) groups excluding carboxylic acids is 1. The molecule has 23 heavy (non-hydrogen) atoms. The van der Waals surface area contributed by atoms with Crippen LogP contribution in [0.3, 0.4) is 0 Å². The quantitative estimate of drug-likeness (QED) is 0.829. The van der Waals surface area contributed by atoms with Crippen LogP contribution < -0.4 is 0 Å². The highest BCUT2D eigenvalue weighted by Crippen LogP contribution is 2.24. The summed E-state index contributed by atoms with van der Waals surface area (Å²) in [7, 11) is 3.87. The highest BCUT2D eigenvalue weighted by molar-refractivity contribution is 5.78.